The minimum absolute atomic E-state index is 0.0386. The molecule has 0 saturated heterocycles. The summed E-state index contributed by atoms with van der Waals surface area (Å²) in [6, 6.07) is 8.28. The van der Waals surface area contributed by atoms with Gasteiger partial charge in [-0.25, -0.2) is 4.79 Å². The first-order valence-corrected chi connectivity index (χ1v) is 7.97. The largest absolute Gasteiger partial charge is 0.452 e. The number of carbonyl (C=O) groups excluding carboxylic acids is 2. The van der Waals surface area contributed by atoms with Gasteiger partial charge in [-0.05, 0) is 54.7 Å². The lowest BCUT2D eigenvalue weighted by atomic mass is 10.1. The van der Waals surface area contributed by atoms with Gasteiger partial charge in [0.1, 0.15) is 0 Å². The van der Waals surface area contributed by atoms with Gasteiger partial charge in [0.25, 0.3) is 5.91 Å². The molecule has 0 aromatic heterocycles. The molecule has 0 saturated carbocycles. The summed E-state index contributed by atoms with van der Waals surface area (Å²) in [7, 11) is 0. The summed E-state index contributed by atoms with van der Waals surface area (Å²) < 4.78 is 18.2. The van der Waals surface area contributed by atoms with Crippen molar-refractivity contribution < 1.29 is 23.6 Å². The van der Waals surface area contributed by atoms with Gasteiger partial charge in [-0.15, -0.1) is 0 Å². The monoisotopic (exact) mass is 358 g/mol. The highest BCUT2D eigenvalue weighted by Crippen LogP contribution is 2.23. The number of esters is 1. The smallest absolute Gasteiger partial charge is 0.338 e. The maximum atomic E-state index is 13.3. The van der Waals surface area contributed by atoms with Gasteiger partial charge in [0.2, 0.25) is 5.82 Å². The number of ether oxygens (including phenoxy) is 1. The zero-order valence-corrected chi connectivity index (χ0v) is 13.7. The van der Waals surface area contributed by atoms with E-state index in [-0.39, 0.29) is 5.69 Å². The predicted octanol–water partition coefficient (Wildman–Crippen LogP) is 3.02. The molecule has 0 aliphatic heterocycles. The van der Waals surface area contributed by atoms with Crippen molar-refractivity contribution in [2.45, 2.75) is 19.3 Å². The van der Waals surface area contributed by atoms with E-state index in [1.165, 1.54) is 11.6 Å². The maximum Gasteiger partial charge on any atom is 0.338 e. The van der Waals surface area contributed by atoms with E-state index in [2.05, 4.69) is 5.32 Å². The quantitative estimate of drug-likeness (QED) is 0.503. The van der Waals surface area contributed by atoms with Crippen LogP contribution in [0.25, 0.3) is 0 Å². The Bertz CT molecular complexity index is 897. The van der Waals surface area contributed by atoms with E-state index in [1.54, 1.807) is 12.1 Å². The normalized spacial score (nSPS) is 12.3. The van der Waals surface area contributed by atoms with Crippen LogP contribution in [0, 0.1) is 15.9 Å². The lowest BCUT2D eigenvalue weighted by Crippen LogP contribution is -2.21. The number of hydrogen-bond acceptors (Lipinski definition) is 5. The number of aryl methyl sites for hydroxylation is 2. The Balaban J connectivity index is 1.58. The lowest BCUT2D eigenvalue weighted by molar-refractivity contribution is -0.387. The van der Waals surface area contributed by atoms with Gasteiger partial charge in [0.15, 0.2) is 6.61 Å². The van der Waals surface area contributed by atoms with Gasteiger partial charge < -0.3 is 10.1 Å². The number of nitrogens with zero attached hydrogens (tertiary/aromatic N) is 1. The number of anilines is 1. The Labute approximate surface area is 147 Å². The maximum absolute atomic E-state index is 13.3. The summed E-state index contributed by atoms with van der Waals surface area (Å²) in [5.41, 5.74) is 1.99. The van der Waals surface area contributed by atoms with E-state index in [4.69, 9.17) is 4.74 Å². The molecule has 0 fully saturated rings. The number of fused-ring (bicyclic) bond motifs is 1. The van der Waals surface area contributed by atoms with Crippen LogP contribution in [0.2, 0.25) is 0 Å². The van der Waals surface area contributed by atoms with Crippen molar-refractivity contribution in [1.29, 1.82) is 0 Å². The van der Waals surface area contributed by atoms with Crippen molar-refractivity contribution in [2.75, 3.05) is 11.9 Å². The van der Waals surface area contributed by atoms with Crippen LogP contribution in [-0.4, -0.2) is 23.4 Å². The van der Waals surface area contributed by atoms with Crippen LogP contribution < -0.4 is 5.32 Å². The second kappa shape index (κ2) is 7.30. The SMILES string of the molecule is O=C(COC(=O)c1ccc2c(c1)CCC2)Nc1ccc(F)c([N+](=O)[O-])c1. The van der Waals surface area contributed by atoms with Crippen molar-refractivity contribution in [1.82, 2.24) is 0 Å². The standard InChI is InChI=1S/C18H15FN2O5/c19-15-7-6-14(9-16(15)21(24)25)20-17(22)10-26-18(23)13-5-4-11-2-1-3-12(11)8-13/h4-9H,1-3,10H2,(H,20,22). The molecule has 7 nitrogen and oxygen atoms in total. The van der Waals surface area contributed by atoms with E-state index < -0.39 is 34.9 Å². The fourth-order valence-electron chi connectivity index (χ4n) is 2.84. The van der Waals surface area contributed by atoms with Gasteiger partial charge in [-0.2, -0.15) is 4.39 Å². The molecule has 1 aliphatic rings. The molecule has 0 heterocycles. The van der Waals surface area contributed by atoms with Crippen molar-refractivity contribution in [3.05, 3.63) is 69.0 Å². The summed E-state index contributed by atoms with van der Waals surface area (Å²) in [5.74, 6) is -2.31. The zero-order valence-electron chi connectivity index (χ0n) is 13.7. The highest BCUT2D eigenvalue weighted by atomic mass is 19.1. The summed E-state index contributed by atoms with van der Waals surface area (Å²) >= 11 is 0. The number of benzene rings is 2. The van der Waals surface area contributed by atoms with E-state index in [1.807, 2.05) is 6.07 Å². The average molecular weight is 358 g/mol. The molecule has 3 rings (SSSR count). The number of halogens is 1. The van der Waals surface area contributed by atoms with E-state index in [9.17, 15) is 24.1 Å². The van der Waals surface area contributed by atoms with Gasteiger partial charge in [-0.1, -0.05) is 6.07 Å². The van der Waals surface area contributed by atoms with Crippen LogP contribution in [-0.2, 0) is 22.4 Å². The predicted molar refractivity (Wildman–Crippen MR) is 90.4 cm³/mol. The van der Waals surface area contributed by atoms with E-state index >= 15 is 0 Å². The second-order valence-corrected chi connectivity index (χ2v) is 5.88. The Morgan fingerprint density at radius 3 is 2.69 bits per heavy atom. The lowest BCUT2D eigenvalue weighted by Gasteiger charge is -2.08. The van der Waals surface area contributed by atoms with Crippen molar-refractivity contribution >= 4 is 23.3 Å². The number of nitrogens with one attached hydrogen (secondary N) is 1. The van der Waals surface area contributed by atoms with E-state index in [0.717, 1.165) is 37.0 Å². The van der Waals surface area contributed by atoms with Crippen molar-refractivity contribution in [3.8, 4) is 0 Å². The molecule has 1 amide bonds. The summed E-state index contributed by atoms with van der Waals surface area (Å²) in [6.07, 6.45) is 2.97. The van der Waals surface area contributed by atoms with Crippen molar-refractivity contribution in [2.24, 2.45) is 0 Å². The van der Waals surface area contributed by atoms with Gasteiger partial charge in [-0.3, -0.25) is 14.9 Å². The number of hydrogen-bond donors (Lipinski definition) is 1. The molecule has 1 N–H and O–H groups in total. The average Bonchev–Trinajstić information content (AvgIpc) is 3.08. The van der Waals surface area contributed by atoms with Crippen LogP contribution in [0.1, 0.15) is 27.9 Å². The number of nitro benzene ring substituents is 1. The highest BCUT2D eigenvalue weighted by molar-refractivity contribution is 5.95. The number of carbonyl (C=O) groups is 2. The molecule has 1 aliphatic carbocycles. The third kappa shape index (κ3) is 3.85. The third-order valence-electron chi connectivity index (χ3n) is 4.10. The molecule has 0 atom stereocenters. The van der Waals surface area contributed by atoms with Crippen LogP contribution >= 0.6 is 0 Å². The molecule has 0 bridgehead atoms. The molecule has 0 spiro atoms. The van der Waals surface area contributed by atoms with Crippen LogP contribution in [0.15, 0.2) is 36.4 Å². The van der Waals surface area contributed by atoms with E-state index in [0.29, 0.717) is 5.56 Å². The molecule has 134 valence electrons. The van der Waals surface area contributed by atoms with Crippen LogP contribution in [0.3, 0.4) is 0 Å². The topological polar surface area (TPSA) is 98.5 Å². The fourth-order valence-corrected chi connectivity index (χ4v) is 2.84. The van der Waals surface area contributed by atoms with Crippen LogP contribution in [0.5, 0.6) is 0 Å². The molecule has 0 radical (unpaired) electrons. The van der Waals surface area contributed by atoms with Gasteiger partial charge in [0, 0.05) is 11.8 Å². The minimum atomic E-state index is -1.00. The Hall–Kier alpha value is -3.29. The third-order valence-corrected chi connectivity index (χ3v) is 4.10. The fraction of sp³-hybridized carbons (Fsp3) is 0.222. The summed E-state index contributed by atoms with van der Waals surface area (Å²) in [4.78, 5) is 33.7. The Morgan fingerprint density at radius 1 is 1.15 bits per heavy atom. The minimum Gasteiger partial charge on any atom is -0.452 e. The molecular weight excluding hydrogens is 343 g/mol. The van der Waals surface area contributed by atoms with Gasteiger partial charge >= 0.3 is 11.7 Å². The first-order valence-electron chi connectivity index (χ1n) is 7.97. The molecule has 8 heteroatoms. The summed E-state index contributed by atoms with van der Waals surface area (Å²) in [5, 5.41) is 13.0. The Kier molecular flexibility index (Phi) is 4.92. The summed E-state index contributed by atoms with van der Waals surface area (Å²) in [6.45, 7) is -0.554. The first-order chi connectivity index (χ1) is 12.4. The molecule has 26 heavy (non-hydrogen) atoms. The highest BCUT2D eigenvalue weighted by Gasteiger charge is 2.17. The molecule has 2 aromatic rings. The Morgan fingerprint density at radius 2 is 1.92 bits per heavy atom. The number of rotatable bonds is 5. The molecule has 2 aromatic carbocycles. The number of nitro groups is 1. The molecular formula is C18H15FN2O5. The number of amides is 1. The first kappa shape index (κ1) is 17.5. The van der Waals surface area contributed by atoms with Gasteiger partial charge in [0.05, 0.1) is 10.5 Å². The zero-order chi connectivity index (χ0) is 18.7. The van der Waals surface area contributed by atoms with Crippen molar-refractivity contribution in [3.63, 3.8) is 0 Å². The molecule has 0 unspecified atom stereocenters. The van der Waals surface area contributed by atoms with Crippen LogP contribution in [0.4, 0.5) is 15.8 Å². The second-order valence-electron chi connectivity index (χ2n) is 5.88.